The van der Waals surface area contributed by atoms with Crippen molar-refractivity contribution in [2.24, 2.45) is 5.73 Å². The van der Waals surface area contributed by atoms with Gasteiger partial charge in [-0.15, -0.1) is 0 Å². The zero-order valence-electron chi connectivity index (χ0n) is 16.7. The summed E-state index contributed by atoms with van der Waals surface area (Å²) >= 11 is 1.10. The van der Waals surface area contributed by atoms with Crippen molar-refractivity contribution in [3.63, 3.8) is 0 Å². The van der Waals surface area contributed by atoms with E-state index in [1.54, 1.807) is 25.3 Å². The lowest BCUT2D eigenvalue weighted by Crippen LogP contribution is -2.21. The number of benzene rings is 1. The molecule has 2 amide bonds. The highest BCUT2D eigenvalue weighted by Gasteiger charge is 2.29. The highest BCUT2D eigenvalue weighted by molar-refractivity contribution is 7.99. The molecule has 11 heteroatoms. The summed E-state index contributed by atoms with van der Waals surface area (Å²) in [4.78, 5) is 43.5. The van der Waals surface area contributed by atoms with E-state index in [2.05, 4.69) is 15.3 Å². The number of aromatic nitrogens is 2. The van der Waals surface area contributed by atoms with Crippen molar-refractivity contribution in [2.75, 3.05) is 17.7 Å². The molecule has 9 nitrogen and oxygen atoms in total. The summed E-state index contributed by atoms with van der Waals surface area (Å²) in [5, 5.41) is 2.91. The van der Waals surface area contributed by atoms with E-state index >= 15 is 0 Å². The molecule has 0 fully saturated rings. The van der Waals surface area contributed by atoms with E-state index in [0.717, 1.165) is 17.3 Å². The number of carbonyl (C=O) groups excluding carboxylic acids is 3. The first-order chi connectivity index (χ1) is 14.8. The number of H-pyrrole nitrogens is 1. The van der Waals surface area contributed by atoms with Crippen molar-refractivity contribution in [1.29, 1.82) is 0 Å². The summed E-state index contributed by atoms with van der Waals surface area (Å²) in [6, 6.07) is 5.89. The number of carbonyl (C=O) groups is 3. The van der Waals surface area contributed by atoms with Crippen molar-refractivity contribution in [2.45, 2.75) is 19.0 Å². The van der Waals surface area contributed by atoms with Crippen molar-refractivity contribution >= 4 is 35.4 Å². The van der Waals surface area contributed by atoms with Crippen molar-refractivity contribution < 1.29 is 27.9 Å². The second-order valence-electron chi connectivity index (χ2n) is 6.27. The molecule has 0 bridgehead atoms. The van der Waals surface area contributed by atoms with Crippen LogP contribution in [0.3, 0.4) is 0 Å². The average Bonchev–Trinajstić information content (AvgIpc) is 3.31. The van der Waals surface area contributed by atoms with Crippen molar-refractivity contribution in [3.8, 4) is 11.3 Å². The van der Waals surface area contributed by atoms with E-state index in [1.165, 1.54) is 19.1 Å². The number of imidazole rings is 1. The molecule has 2 heterocycles. The minimum atomic E-state index is -0.933. The number of aryl methyl sites for hydroxylation is 1. The second-order valence-corrected chi connectivity index (χ2v) is 7.23. The maximum atomic E-state index is 13.0. The summed E-state index contributed by atoms with van der Waals surface area (Å²) < 4.78 is 23.3. The molecule has 31 heavy (non-hydrogen) atoms. The van der Waals surface area contributed by atoms with E-state index < -0.39 is 17.8 Å². The molecule has 3 rings (SSSR count). The number of nitrogens with zero attached hydrogens (tertiary/aromatic N) is 1. The van der Waals surface area contributed by atoms with Gasteiger partial charge in [-0.1, -0.05) is 11.8 Å². The molecular weight excluding hydrogens is 427 g/mol. The van der Waals surface area contributed by atoms with E-state index in [0.29, 0.717) is 10.9 Å². The number of nitrogens with two attached hydrogens (primary N) is 1. The molecule has 0 aliphatic heterocycles. The molecule has 0 spiro atoms. The third-order valence-corrected chi connectivity index (χ3v) is 5.00. The Morgan fingerprint density at radius 2 is 1.97 bits per heavy atom. The third kappa shape index (κ3) is 5.12. The maximum Gasteiger partial charge on any atom is 0.342 e. The van der Waals surface area contributed by atoms with Crippen molar-refractivity contribution in [1.82, 2.24) is 9.97 Å². The second kappa shape index (κ2) is 9.47. The Balaban J connectivity index is 1.68. The van der Waals surface area contributed by atoms with Crippen LogP contribution in [-0.2, 0) is 9.53 Å². The predicted octanol–water partition coefficient (Wildman–Crippen LogP) is 3.12. The lowest BCUT2D eigenvalue weighted by molar-refractivity contribution is -0.113. The predicted molar refractivity (Wildman–Crippen MR) is 111 cm³/mol. The van der Waals surface area contributed by atoms with Crippen LogP contribution in [0, 0.1) is 12.7 Å². The number of hydrogen-bond donors (Lipinski definition) is 3. The van der Waals surface area contributed by atoms with E-state index in [9.17, 15) is 18.8 Å². The zero-order chi connectivity index (χ0) is 22.5. The Labute approximate surface area is 180 Å². The number of thioether (sulfide) groups is 1. The zero-order valence-corrected chi connectivity index (χ0v) is 17.5. The van der Waals surface area contributed by atoms with Gasteiger partial charge in [0.15, 0.2) is 5.16 Å². The highest BCUT2D eigenvalue weighted by atomic mass is 32.2. The number of hydrogen-bond acceptors (Lipinski definition) is 7. The number of nitrogens with one attached hydrogen (secondary N) is 2. The topological polar surface area (TPSA) is 140 Å². The molecule has 4 N–H and O–H groups in total. The van der Waals surface area contributed by atoms with Crippen LogP contribution < -0.4 is 11.1 Å². The van der Waals surface area contributed by atoms with Gasteiger partial charge in [-0.05, 0) is 43.7 Å². The van der Waals surface area contributed by atoms with Crippen LogP contribution in [0.4, 0.5) is 10.3 Å². The van der Waals surface area contributed by atoms with E-state index in [4.69, 9.17) is 14.9 Å². The van der Waals surface area contributed by atoms with Crippen LogP contribution in [0.1, 0.15) is 33.4 Å². The summed E-state index contributed by atoms with van der Waals surface area (Å²) in [6.45, 7) is 3.18. The van der Waals surface area contributed by atoms with Gasteiger partial charge in [-0.2, -0.15) is 0 Å². The number of halogens is 1. The quantitative estimate of drug-likeness (QED) is 0.357. The first-order valence-corrected chi connectivity index (χ1v) is 10.1. The Bertz CT molecular complexity index is 1120. The van der Waals surface area contributed by atoms with Crippen LogP contribution in [0.25, 0.3) is 11.3 Å². The number of aromatic amines is 1. The molecule has 162 valence electrons. The molecule has 2 aromatic heterocycles. The van der Waals surface area contributed by atoms with Gasteiger partial charge in [-0.3, -0.25) is 14.9 Å². The molecule has 0 unspecified atom stereocenters. The molecule has 1 aromatic carbocycles. The highest BCUT2D eigenvalue weighted by Crippen LogP contribution is 2.28. The van der Waals surface area contributed by atoms with Crippen LogP contribution in [0.2, 0.25) is 0 Å². The lowest BCUT2D eigenvalue weighted by Gasteiger charge is -2.04. The van der Waals surface area contributed by atoms with Gasteiger partial charge in [0.2, 0.25) is 11.8 Å². The first kappa shape index (κ1) is 22.1. The molecule has 0 aliphatic rings. The van der Waals surface area contributed by atoms with Gasteiger partial charge >= 0.3 is 5.97 Å². The summed E-state index contributed by atoms with van der Waals surface area (Å²) in [7, 11) is 0. The van der Waals surface area contributed by atoms with Crippen LogP contribution in [0.15, 0.2) is 40.0 Å². The number of rotatable bonds is 8. The SMILES string of the molecule is CCOC(=O)c1c(C)oc(NC(=O)CSc2ncc(-c3ccc(F)cc3)[nH]2)c1C(N)=O. The van der Waals surface area contributed by atoms with Crippen LogP contribution in [0.5, 0.6) is 0 Å². The number of primary amides is 1. The van der Waals surface area contributed by atoms with Gasteiger partial charge < -0.3 is 19.9 Å². The average molecular weight is 446 g/mol. The lowest BCUT2D eigenvalue weighted by atomic mass is 10.1. The molecule has 0 saturated carbocycles. The van der Waals surface area contributed by atoms with Gasteiger partial charge in [0, 0.05) is 0 Å². The van der Waals surface area contributed by atoms with Crippen LogP contribution >= 0.6 is 11.8 Å². The Kier molecular flexibility index (Phi) is 6.75. The first-order valence-electron chi connectivity index (χ1n) is 9.14. The number of furan rings is 1. The monoisotopic (exact) mass is 446 g/mol. The number of esters is 1. The van der Waals surface area contributed by atoms with Crippen molar-refractivity contribution in [3.05, 3.63) is 53.2 Å². The Morgan fingerprint density at radius 3 is 2.61 bits per heavy atom. The number of amides is 2. The van der Waals surface area contributed by atoms with Crippen LogP contribution in [-0.4, -0.2) is 40.1 Å². The fourth-order valence-corrected chi connectivity index (χ4v) is 3.42. The fraction of sp³-hybridized carbons (Fsp3) is 0.200. The molecule has 0 saturated heterocycles. The molecule has 0 aliphatic carbocycles. The van der Waals surface area contributed by atoms with E-state index in [-0.39, 0.29) is 40.9 Å². The Morgan fingerprint density at radius 1 is 1.26 bits per heavy atom. The standard InChI is InChI=1S/C20H19FN4O5S/c1-3-29-19(28)15-10(2)30-18(16(15)17(22)27)25-14(26)9-31-20-23-8-13(24-20)11-4-6-12(21)7-5-11/h4-8H,3,9H2,1-2H3,(H2,22,27)(H,23,24)(H,25,26). The molecule has 0 atom stereocenters. The van der Waals surface area contributed by atoms with Gasteiger partial charge in [0.05, 0.1) is 24.3 Å². The van der Waals surface area contributed by atoms with Gasteiger partial charge in [0.25, 0.3) is 5.91 Å². The fourth-order valence-electron chi connectivity index (χ4n) is 2.77. The molecule has 0 radical (unpaired) electrons. The minimum Gasteiger partial charge on any atom is -0.462 e. The minimum absolute atomic E-state index is 0.0664. The largest absolute Gasteiger partial charge is 0.462 e. The smallest absolute Gasteiger partial charge is 0.342 e. The number of anilines is 1. The summed E-state index contributed by atoms with van der Waals surface area (Å²) in [5.74, 6) is -2.73. The van der Waals surface area contributed by atoms with Gasteiger partial charge in [0.1, 0.15) is 22.7 Å². The molecular formula is C20H19FN4O5S. The summed E-state index contributed by atoms with van der Waals surface area (Å²) in [6.07, 6.45) is 1.57. The normalized spacial score (nSPS) is 10.7. The number of ether oxygens (including phenoxy) is 1. The Hall–Kier alpha value is -3.60. The van der Waals surface area contributed by atoms with E-state index in [1.807, 2.05) is 0 Å². The maximum absolute atomic E-state index is 13.0. The summed E-state index contributed by atoms with van der Waals surface area (Å²) in [5.41, 5.74) is 6.42. The third-order valence-electron chi connectivity index (χ3n) is 4.11. The van der Waals surface area contributed by atoms with Gasteiger partial charge in [-0.25, -0.2) is 14.2 Å². The molecule has 3 aromatic rings.